The molecule has 2 rings (SSSR count). The van der Waals surface area contributed by atoms with Gasteiger partial charge in [0.15, 0.2) is 0 Å². The molecule has 6 heteroatoms. The minimum atomic E-state index is -0.404. The third-order valence-corrected chi connectivity index (χ3v) is 3.40. The van der Waals surface area contributed by atoms with Crippen LogP contribution in [0.15, 0.2) is 42.5 Å². The van der Waals surface area contributed by atoms with Gasteiger partial charge >= 0.3 is 6.03 Å². The quantitative estimate of drug-likeness (QED) is 0.553. The number of amides is 2. The van der Waals surface area contributed by atoms with Crippen LogP contribution in [-0.2, 0) is 0 Å². The summed E-state index contributed by atoms with van der Waals surface area (Å²) in [6, 6.07) is 11.8. The van der Waals surface area contributed by atoms with Crippen LogP contribution in [0.5, 0.6) is 11.5 Å². The van der Waals surface area contributed by atoms with E-state index in [0.717, 1.165) is 11.3 Å². The number of phenolic OH excluding ortho intramolecular Hbond substituents is 1. The van der Waals surface area contributed by atoms with Gasteiger partial charge in [-0.05, 0) is 43.2 Å². The van der Waals surface area contributed by atoms with Crippen LogP contribution in [0.1, 0.15) is 12.0 Å². The van der Waals surface area contributed by atoms with Gasteiger partial charge in [-0.25, -0.2) is 4.79 Å². The highest BCUT2D eigenvalue weighted by atomic mass is 35.5. The van der Waals surface area contributed by atoms with E-state index in [1.165, 1.54) is 12.1 Å². The number of benzene rings is 2. The number of hydrogen-bond acceptors (Lipinski definition) is 3. The Morgan fingerprint density at radius 1 is 1.26 bits per heavy atom. The van der Waals surface area contributed by atoms with Gasteiger partial charge in [0, 0.05) is 11.6 Å². The molecule has 0 aromatic heterocycles. The Kier molecular flexibility index (Phi) is 6.11. The summed E-state index contributed by atoms with van der Waals surface area (Å²) >= 11 is 5.82. The molecule has 122 valence electrons. The Bertz CT molecular complexity index is 677. The highest BCUT2D eigenvalue weighted by Gasteiger charge is 2.06. The summed E-state index contributed by atoms with van der Waals surface area (Å²) < 4.78 is 5.64. The monoisotopic (exact) mass is 334 g/mol. The fraction of sp³-hybridized carbons (Fsp3) is 0.235. The van der Waals surface area contributed by atoms with Gasteiger partial charge in [-0.3, -0.25) is 0 Å². The molecule has 2 aromatic rings. The van der Waals surface area contributed by atoms with Crippen molar-refractivity contribution in [3.8, 4) is 11.5 Å². The number of nitrogens with one attached hydrogen (secondary N) is 2. The summed E-state index contributed by atoms with van der Waals surface area (Å²) in [6.07, 6.45) is 0.670. The van der Waals surface area contributed by atoms with Crippen molar-refractivity contribution in [1.82, 2.24) is 5.32 Å². The number of hydrogen-bond donors (Lipinski definition) is 3. The maximum atomic E-state index is 11.7. The number of carbonyl (C=O) groups is 1. The summed E-state index contributed by atoms with van der Waals surface area (Å²) in [4.78, 5) is 11.7. The maximum Gasteiger partial charge on any atom is 0.319 e. The highest BCUT2D eigenvalue weighted by Crippen LogP contribution is 2.26. The van der Waals surface area contributed by atoms with Crippen molar-refractivity contribution in [3.63, 3.8) is 0 Å². The van der Waals surface area contributed by atoms with Crippen LogP contribution in [0.3, 0.4) is 0 Å². The van der Waals surface area contributed by atoms with E-state index in [-0.39, 0.29) is 11.4 Å². The largest absolute Gasteiger partial charge is 0.506 e. The zero-order chi connectivity index (χ0) is 16.7. The van der Waals surface area contributed by atoms with Gasteiger partial charge in [-0.2, -0.15) is 0 Å². The molecule has 0 atom stereocenters. The molecular formula is C17H19ClN2O3. The molecule has 3 N–H and O–H groups in total. The first kappa shape index (κ1) is 17.0. The standard InChI is InChI=1S/C17H19ClN2O3/c1-12-5-2-3-6-16(12)23-10-4-9-19-17(22)20-14-11-13(18)7-8-15(14)21/h2-3,5-8,11,21H,4,9-10H2,1H3,(H2,19,20,22). The molecule has 0 saturated carbocycles. The minimum Gasteiger partial charge on any atom is -0.506 e. The van der Waals surface area contributed by atoms with Gasteiger partial charge in [-0.1, -0.05) is 29.8 Å². The smallest absolute Gasteiger partial charge is 0.319 e. The summed E-state index contributed by atoms with van der Waals surface area (Å²) in [5, 5.41) is 15.3. The first-order chi connectivity index (χ1) is 11.1. The Morgan fingerprint density at radius 3 is 2.83 bits per heavy atom. The second kappa shape index (κ2) is 8.29. The minimum absolute atomic E-state index is 0.0348. The highest BCUT2D eigenvalue weighted by molar-refractivity contribution is 6.31. The molecule has 2 aromatic carbocycles. The van der Waals surface area contributed by atoms with Crippen molar-refractivity contribution in [2.45, 2.75) is 13.3 Å². The lowest BCUT2D eigenvalue weighted by Gasteiger charge is -2.11. The van der Waals surface area contributed by atoms with Gasteiger partial charge in [0.1, 0.15) is 11.5 Å². The molecule has 0 bridgehead atoms. The molecule has 0 heterocycles. The summed E-state index contributed by atoms with van der Waals surface area (Å²) in [5.41, 5.74) is 1.35. The van der Waals surface area contributed by atoms with Gasteiger partial charge in [0.05, 0.1) is 12.3 Å². The molecule has 0 saturated heterocycles. The Morgan fingerprint density at radius 2 is 2.04 bits per heavy atom. The van der Waals surface area contributed by atoms with Crippen molar-refractivity contribution < 1.29 is 14.6 Å². The second-order valence-electron chi connectivity index (χ2n) is 5.01. The average Bonchev–Trinajstić information content (AvgIpc) is 2.52. The van der Waals surface area contributed by atoms with Crippen LogP contribution < -0.4 is 15.4 Å². The van der Waals surface area contributed by atoms with E-state index in [0.29, 0.717) is 24.6 Å². The number of carbonyl (C=O) groups excluding carboxylic acids is 1. The lowest BCUT2D eigenvalue weighted by Crippen LogP contribution is -2.30. The average molecular weight is 335 g/mol. The molecule has 0 aliphatic rings. The van der Waals surface area contributed by atoms with Crippen molar-refractivity contribution >= 4 is 23.3 Å². The molecule has 0 aliphatic heterocycles. The third-order valence-electron chi connectivity index (χ3n) is 3.16. The third kappa shape index (κ3) is 5.38. The number of aryl methyl sites for hydroxylation is 1. The molecule has 0 spiro atoms. The number of urea groups is 1. The molecule has 0 radical (unpaired) electrons. The van der Waals surface area contributed by atoms with E-state index in [1.54, 1.807) is 6.07 Å². The van der Waals surface area contributed by atoms with E-state index >= 15 is 0 Å². The molecule has 0 fully saturated rings. The van der Waals surface area contributed by atoms with E-state index in [4.69, 9.17) is 16.3 Å². The fourth-order valence-corrected chi connectivity index (χ4v) is 2.12. The van der Waals surface area contributed by atoms with Crippen LogP contribution in [0, 0.1) is 6.92 Å². The van der Waals surface area contributed by atoms with Gasteiger partial charge in [-0.15, -0.1) is 0 Å². The maximum absolute atomic E-state index is 11.7. The molecule has 2 amide bonds. The van der Waals surface area contributed by atoms with Crippen molar-refractivity contribution in [2.75, 3.05) is 18.5 Å². The zero-order valence-electron chi connectivity index (χ0n) is 12.8. The second-order valence-corrected chi connectivity index (χ2v) is 5.45. The SMILES string of the molecule is Cc1ccccc1OCCCNC(=O)Nc1cc(Cl)ccc1O. The van der Waals surface area contributed by atoms with Crippen LogP contribution in [0.25, 0.3) is 0 Å². The van der Waals surface area contributed by atoms with Crippen LogP contribution in [0.2, 0.25) is 5.02 Å². The molecule has 5 nitrogen and oxygen atoms in total. The van der Waals surface area contributed by atoms with Crippen LogP contribution in [0.4, 0.5) is 10.5 Å². The molecule has 0 unspecified atom stereocenters. The van der Waals surface area contributed by atoms with Crippen molar-refractivity contribution in [2.24, 2.45) is 0 Å². The number of para-hydroxylation sites is 1. The molecule has 23 heavy (non-hydrogen) atoms. The zero-order valence-corrected chi connectivity index (χ0v) is 13.6. The Balaban J connectivity index is 1.69. The number of anilines is 1. The normalized spacial score (nSPS) is 10.2. The fourth-order valence-electron chi connectivity index (χ4n) is 1.95. The number of phenols is 1. The first-order valence-electron chi connectivity index (χ1n) is 7.28. The summed E-state index contributed by atoms with van der Waals surface area (Å²) in [6.45, 7) is 2.95. The van der Waals surface area contributed by atoms with E-state index < -0.39 is 6.03 Å². The Hall–Kier alpha value is -2.40. The van der Waals surface area contributed by atoms with Crippen LogP contribution >= 0.6 is 11.6 Å². The molecular weight excluding hydrogens is 316 g/mol. The number of aromatic hydroxyl groups is 1. The van der Waals surface area contributed by atoms with E-state index in [9.17, 15) is 9.90 Å². The van der Waals surface area contributed by atoms with Gasteiger partial charge in [0.2, 0.25) is 0 Å². The Labute approximate surface area is 140 Å². The van der Waals surface area contributed by atoms with Crippen molar-refractivity contribution in [3.05, 3.63) is 53.1 Å². The van der Waals surface area contributed by atoms with E-state index in [1.807, 2.05) is 31.2 Å². The lowest BCUT2D eigenvalue weighted by atomic mass is 10.2. The summed E-state index contributed by atoms with van der Waals surface area (Å²) in [7, 11) is 0. The lowest BCUT2D eigenvalue weighted by molar-refractivity contribution is 0.250. The predicted octanol–water partition coefficient (Wildman–Crippen LogP) is 3.94. The summed E-state index contributed by atoms with van der Waals surface area (Å²) in [5.74, 6) is 0.813. The number of halogens is 1. The first-order valence-corrected chi connectivity index (χ1v) is 7.66. The van der Waals surface area contributed by atoms with Crippen molar-refractivity contribution in [1.29, 1.82) is 0 Å². The van der Waals surface area contributed by atoms with Gasteiger partial charge < -0.3 is 20.5 Å². The topological polar surface area (TPSA) is 70.6 Å². The van der Waals surface area contributed by atoms with E-state index in [2.05, 4.69) is 10.6 Å². The number of ether oxygens (including phenoxy) is 1. The van der Waals surface area contributed by atoms with Gasteiger partial charge in [0.25, 0.3) is 0 Å². The molecule has 0 aliphatic carbocycles. The number of rotatable bonds is 6. The predicted molar refractivity (Wildman–Crippen MR) is 91.4 cm³/mol. The van der Waals surface area contributed by atoms with Crippen LogP contribution in [-0.4, -0.2) is 24.3 Å².